The predicted molar refractivity (Wildman–Crippen MR) is 120 cm³/mol. The van der Waals surface area contributed by atoms with E-state index in [1.54, 1.807) is 12.1 Å². The van der Waals surface area contributed by atoms with Crippen LogP contribution in [0.4, 0.5) is 0 Å². The van der Waals surface area contributed by atoms with E-state index in [4.69, 9.17) is 9.15 Å². The Kier molecular flexibility index (Phi) is 5.75. The van der Waals surface area contributed by atoms with Gasteiger partial charge in [-0.3, -0.25) is 4.79 Å². The van der Waals surface area contributed by atoms with Crippen molar-refractivity contribution in [1.29, 1.82) is 0 Å². The second kappa shape index (κ2) is 8.78. The van der Waals surface area contributed by atoms with E-state index in [1.807, 2.05) is 73.7 Å². The number of carbonyl (C=O) groups excluding carboxylic acids is 1. The number of para-hydroxylation sites is 2. The van der Waals surface area contributed by atoms with E-state index >= 15 is 0 Å². The first-order chi connectivity index (χ1) is 14.6. The zero-order valence-corrected chi connectivity index (χ0v) is 17.1. The highest BCUT2D eigenvalue weighted by atomic mass is 16.5. The number of benzene rings is 3. The van der Waals surface area contributed by atoms with Gasteiger partial charge >= 0.3 is 0 Å². The van der Waals surface area contributed by atoms with Crippen molar-refractivity contribution in [3.05, 3.63) is 95.4 Å². The summed E-state index contributed by atoms with van der Waals surface area (Å²) in [6.45, 7) is 4.73. The van der Waals surface area contributed by atoms with E-state index < -0.39 is 0 Å². The van der Waals surface area contributed by atoms with Crippen LogP contribution in [0.15, 0.2) is 77.2 Å². The molecule has 150 valence electrons. The molecule has 0 saturated carbocycles. The molecule has 0 unspecified atom stereocenters. The van der Waals surface area contributed by atoms with Gasteiger partial charge in [-0.25, -0.2) is 4.98 Å². The van der Waals surface area contributed by atoms with Gasteiger partial charge in [0.25, 0.3) is 0 Å². The standard InChI is InChI=1S/C26H23NO3/c1-3-16-29-21-14-12-20(13-15-21)25(28)22(17-19-10-8-18(2)9-11-19)26-27-23-6-4-5-7-24(23)30-26/h4-15,17H,3,16H2,1-2H3/b22-17-. The second-order valence-corrected chi connectivity index (χ2v) is 7.16. The first-order valence-corrected chi connectivity index (χ1v) is 10.1. The number of hydrogen-bond acceptors (Lipinski definition) is 4. The molecule has 30 heavy (non-hydrogen) atoms. The molecule has 0 fully saturated rings. The molecule has 4 nitrogen and oxygen atoms in total. The lowest BCUT2D eigenvalue weighted by atomic mass is 10.0. The Balaban J connectivity index is 1.74. The van der Waals surface area contributed by atoms with Crippen molar-refractivity contribution < 1.29 is 13.9 Å². The molecule has 0 saturated heterocycles. The zero-order valence-electron chi connectivity index (χ0n) is 17.1. The molecule has 0 amide bonds. The monoisotopic (exact) mass is 397 g/mol. The molecule has 4 rings (SSSR count). The average molecular weight is 397 g/mol. The number of ketones is 1. The molecule has 1 aromatic heterocycles. The van der Waals surface area contributed by atoms with Crippen LogP contribution in [0.5, 0.6) is 5.75 Å². The SMILES string of the molecule is CCCOc1ccc(C(=O)/C(=C/c2ccc(C)cc2)c2nc3ccccc3o2)cc1. The molecule has 0 atom stereocenters. The van der Waals surface area contributed by atoms with Gasteiger partial charge in [0.1, 0.15) is 11.3 Å². The fourth-order valence-electron chi connectivity index (χ4n) is 3.12. The fourth-order valence-corrected chi connectivity index (χ4v) is 3.12. The molecule has 4 heteroatoms. The van der Waals surface area contributed by atoms with Gasteiger partial charge in [-0.05, 0) is 61.4 Å². The van der Waals surface area contributed by atoms with Crippen LogP contribution in [-0.4, -0.2) is 17.4 Å². The van der Waals surface area contributed by atoms with Crippen LogP contribution in [0.2, 0.25) is 0 Å². The van der Waals surface area contributed by atoms with Crippen molar-refractivity contribution in [3.8, 4) is 5.75 Å². The summed E-state index contributed by atoms with van der Waals surface area (Å²) in [5, 5.41) is 0. The van der Waals surface area contributed by atoms with E-state index in [0.29, 0.717) is 29.2 Å². The van der Waals surface area contributed by atoms with E-state index in [9.17, 15) is 4.79 Å². The Bertz CT molecular complexity index is 1150. The van der Waals surface area contributed by atoms with Gasteiger partial charge in [-0.15, -0.1) is 0 Å². The number of rotatable bonds is 7. The van der Waals surface area contributed by atoms with Crippen molar-refractivity contribution in [3.63, 3.8) is 0 Å². The van der Waals surface area contributed by atoms with E-state index in [1.165, 1.54) is 0 Å². The third-order valence-electron chi connectivity index (χ3n) is 4.75. The average Bonchev–Trinajstić information content (AvgIpc) is 3.21. The van der Waals surface area contributed by atoms with Crippen LogP contribution in [0, 0.1) is 6.92 Å². The fraction of sp³-hybridized carbons (Fsp3) is 0.154. The largest absolute Gasteiger partial charge is 0.494 e. The minimum Gasteiger partial charge on any atom is -0.494 e. The Morgan fingerprint density at radius 3 is 2.43 bits per heavy atom. The number of fused-ring (bicyclic) bond motifs is 1. The number of aryl methyl sites for hydroxylation is 1. The van der Waals surface area contributed by atoms with Crippen LogP contribution in [0.1, 0.15) is 40.7 Å². The van der Waals surface area contributed by atoms with Gasteiger partial charge in [-0.1, -0.05) is 48.9 Å². The van der Waals surface area contributed by atoms with Crippen LogP contribution in [-0.2, 0) is 0 Å². The van der Waals surface area contributed by atoms with Crippen LogP contribution >= 0.6 is 0 Å². The highest BCUT2D eigenvalue weighted by Crippen LogP contribution is 2.27. The normalized spacial score (nSPS) is 11.6. The molecular formula is C26H23NO3. The maximum atomic E-state index is 13.4. The zero-order chi connectivity index (χ0) is 20.9. The molecule has 3 aromatic carbocycles. The van der Waals surface area contributed by atoms with Gasteiger partial charge in [0, 0.05) is 5.56 Å². The van der Waals surface area contributed by atoms with Gasteiger partial charge < -0.3 is 9.15 Å². The minimum absolute atomic E-state index is 0.149. The Morgan fingerprint density at radius 2 is 1.73 bits per heavy atom. The van der Waals surface area contributed by atoms with Gasteiger partial charge in [0.05, 0.1) is 12.2 Å². The summed E-state index contributed by atoms with van der Waals surface area (Å²) < 4.78 is 11.5. The number of oxazole rings is 1. The number of carbonyl (C=O) groups is 1. The Morgan fingerprint density at radius 1 is 1.00 bits per heavy atom. The topological polar surface area (TPSA) is 52.3 Å². The van der Waals surface area contributed by atoms with Crippen molar-refractivity contribution in [2.75, 3.05) is 6.61 Å². The number of allylic oxidation sites excluding steroid dienone is 1. The Labute approximate surface area is 175 Å². The van der Waals surface area contributed by atoms with Gasteiger partial charge in [0.15, 0.2) is 11.4 Å². The highest BCUT2D eigenvalue weighted by Gasteiger charge is 2.20. The highest BCUT2D eigenvalue weighted by molar-refractivity contribution is 6.31. The van der Waals surface area contributed by atoms with E-state index in [2.05, 4.69) is 11.9 Å². The van der Waals surface area contributed by atoms with Crippen molar-refractivity contribution in [2.45, 2.75) is 20.3 Å². The third kappa shape index (κ3) is 4.33. The van der Waals surface area contributed by atoms with Crippen molar-refractivity contribution >= 4 is 28.5 Å². The molecule has 0 aliphatic heterocycles. The molecule has 0 aliphatic carbocycles. The quantitative estimate of drug-likeness (QED) is 0.269. The van der Waals surface area contributed by atoms with Crippen LogP contribution in [0.25, 0.3) is 22.7 Å². The maximum Gasteiger partial charge on any atom is 0.231 e. The lowest BCUT2D eigenvalue weighted by Crippen LogP contribution is -2.04. The number of aromatic nitrogens is 1. The maximum absolute atomic E-state index is 13.4. The Hall–Kier alpha value is -3.66. The summed E-state index contributed by atoms with van der Waals surface area (Å²) in [5.74, 6) is 0.914. The summed E-state index contributed by atoms with van der Waals surface area (Å²) in [6, 6.07) is 22.7. The number of Topliss-reactive ketones (excluding diaryl/α,β-unsaturated/α-hetero) is 1. The van der Waals surface area contributed by atoms with E-state index in [-0.39, 0.29) is 5.78 Å². The lowest BCUT2D eigenvalue weighted by Gasteiger charge is -2.07. The van der Waals surface area contributed by atoms with Crippen molar-refractivity contribution in [1.82, 2.24) is 4.98 Å². The van der Waals surface area contributed by atoms with Crippen molar-refractivity contribution in [2.24, 2.45) is 0 Å². The molecular weight excluding hydrogens is 374 g/mol. The summed E-state index contributed by atoms with van der Waals surface area (Å²) in [4.78, 5) is 18.0. The number of hydrogen-bond donors (Lipinski definition) is 0. The second-order valence-electron chi connectivity index (χ2n) is 7.16. The van der Waals surface area contributed by atoms with Crippen LogP contribution < -0.4 is 4.74 Å². The molecule has 1 heterocycles. The van der Waals surface area contributed by atoms with Crippen LogP contribution in [0.3, 0.4) is 0 Å². The third-order valence-corrected chi connectivity index (χ3v) is 4.75. The first-order valence-electron chi connectivity index (χ1n) is 10.1. The lowest BCUT2D eigenvalue weighted by molar-refractivity contribution is 0.105. The first kappa shape index (κ1) is 19.6. The molecule has 0 N–H and O–H groups in total. The van der Waals surface area contributed by atoms with Gasteiger partial charge in [-0.2, -0.15) is 0 Å². The molecule has 0 spiro atoms. The number of ether oxygens (including phenoxy) is 1. The molecule has 4 aromatic rings. The van der Waals surface area contributed by atoms with E-state index in [0.717, 1.165) is 28.8 Å². The summed E-state index contributed by atoms with van der Waals surface area (Å²) in [7, 11) is 0. The number of nitrogens with zero attached hydrogens (tertiary/aromatic N) is 1. The predicted octanol–water partition coefficient (Wildman–Crippen LogP) is 6.35. The van der Waals surface area contributed by atoms with Gasteiger partial charge in [0.2, 0.25) is 5.89 Å². The summed E-state index contributed by atoms with van der Waals surface area (Å²) in [6.07, 6.45) is 2.76. The molecule has 0 bridgehead atoms. The smallest absolute Gasteiger partial charge is 0.231 e. The summed E-state index contributed by atoms with van der Waals surface area (Å²) in [5.41, 5.74) is 4.41. The molecule has 0 radical (unpaired) electrons. The minimum atomic E-state index is -0.149. The summed E-state index contributed by atoms with van der Waals surface area (Å²) >= 11 is 0. The molecule has 0 aliphatic rings.